The fourth-order valence-electron chi connectivity index (χ4n) is 4.26. The van der Waals surface area contributed by atoms with Crippen molar-refractivity contribution >= 4 is 5.91 Å². The lowest BCUT2D eigenvalue weighted by atomic mass is 9.98. The third kappa shape index (κ3) is 4.76. The molecule has 174 valence electrons. The summed E-state index contributed by atoms with van der Waals surface area (Å²) in [5.41, 5.74) is 0.805. The van der Waals surface area contributed by atoms with Crippen molar-refractivity contribution < 1.29 is 13.9 Å². The number of halogens is 1. The van der Waals surface area contributed by atoms with E-state index in [1.165, 1.54) is 0 Å². The molecular weight excluding hydrogens is 411 g/mol. The molecular formula is C24H33FN4O3. The molecule has 1 aromatic rings. The highest BCUT2D eigenvalue weighted by Crippen LogP contribution is 2.30. The number of hydrogen-bond donors (Lipinski definition) is 2. The summed E-state index contributed by atoms with van der Waals surface area (Å²) in [5.74, 6) is -0.268. The highest BCUT2D eigenvalue weighted by atomic mass is 19.1. The molecule has 3 atom stereocenters. The van der Waals surface area contributed by atoms with Crippen molar-refractivity contribution in [1.82, 2.24) is 20.2 Å². The van der Waals surface area contributed by atoms with E-state index in [9.17, 15) is 14.0 Å². The Labute approximate surface area is 188 Å². The van der Waals surface area contributed by atoms with Crippen molar-refractivity contribution in [2.24, 2.45) is 5.92 Å². The van der Waals surface area contributed by atoms with Crippen LogP contribution in [0.3, 0.4) is 0 Å². The number of aromatic nitrogens is 2. The lowest BCUT2D eigenvalue weighted by Gasteiger charge is -2.27. The Morgan fingerprint density at radius 3 is 2.75 bits per heavy atom. The van der Waals surface area contributed by atoms with Gasteiger partial charge in [-0.25, -0.2) is 9.37 Å². The standard InChI is InChI=1S/C24H33FN4O3/c1-14-7-8-17(11-15(2)19(14)25)12-27-22(30)20-16(3)23(31)29-13-24(4,32-6)10-9-18(26-5)21(29)28-20/h7-8,11,17-18,26H,9-10,12-13H2,1-6H3,(H,27,30). The van der Waals surface area contributed by atoms with Gasteiger partial charge in [0.1, 0.15) is 17.3 Å². The topological polar surface area (TPSA) is 85.2 Å². The predicted molar refractivity (Wildman–Crippen MR) is 122 cm³/mol. The lowest BCUT2D eigenvalue weighted by molar-refractivity contribution is -0.0147. The van der Waals surface area contributed by atoms with Gasteiger partial charge in [0.15, 0.2) is 0 Å². The minimum absolute atomic E-state index is 0.126. The lowest BCUT2D eigenvalue weighted by Crippen LogP contribution is -2.40. The van der Waals surface area contributed by atoms with Crippen LogP contribution in [0.1, 0.15) is 61.5 Å². The fraction of sp³-hybridized carbons (Fsp3) is 0.542. The van der Waals surface area contributed by atoms with Gasteiger partial charge in [-0.05, 0) is 58.7 Å². The van der Waals surface area contributed by atoms with Crippen LogP contribution in [-0.4, -0.2) is 41.8 Å². The Morgan fingerprint density at radius 2 is 2.09 bits per heavy atom. The molecule has 1 aliphatic carbocycles. The number of allylic oxidation sites excluding steroid dienone is 4. The molecule has 0 fully saturated rings. The summed E-state index contributed by atoms with van der Waals surface area (Å²) in [7, 11) is 3.46. The number of hydrogen-bond acceptors (Lipinski definition) is 5. The zero-order valence-electron chi connectivity index (χ0n) is 19.7. The highest BCUT2D eigenvalue weighted by Gasteiger charge is 2.34. The second-order valence-corrected chi connectivity index (χ2v) is 8.95. The normalized spacial score (nSPS) is 25.7. The summed E-state index contributed by atoms with van der Waals surface area (Å²) in [4.78, 5) is 30.9. The molecule has 3 rings (SSSR count). The summed E-state index contributed by atoms with van der Waals surface area (Å²) in [6.07, 6.45) is 6.86. The monoisotopic (exact) mass is 444 g/mol. The first-order chi connectivity index (χ1) is 15.1. The summed E-state index contributed by atoms with van der Waals surface area (Å²) in [6, 6.07) is -0.167. The molecule has 0 spiro atoms. The zero-order valence-corrected chi connectivity index (χ0v) is 19.7. The molecule has 3 unspecified atom stereocenters. The number of carbonyl (C=O) groups excluding carboxylic acids is 1. The van der Waals surface area contributed by atoms with Gasteiger partial charge in [0.25, 0.3) is 11.5 Å². The molecule has 0 bridgehead atoms. The molecule has 0 saturated heterocycles. The second kappa shape index (κ2) is 9.50. The Morgan fingerprint density at radius 1 is 1.38 bits per heavy atom. The molecule has 1 aliphatic heterocycles. The average molecular weight is 445 g/mol. The molecule has 1 amide bonds. The van der Waals surface area contributed by atoms with E-state index in [1.54, 1.807) is 44.6 Å². The molecule has 7 nitrogen and oxygen atoms in total. The van der Waals surface area contributed by atoms with Gasteiger partial charge in [-0.1, -0.05) is 18.2 Å². The smallest absolute Gasteiger partial charge is 0.270 e. The Kier molecular flexibility index (Phi) is 7.15. The van der Waals surface area contributed by atoms with E-state index in [0.717, 1.165) is 12.8 Å². The van der Waals surface area contributed by atoms with E-state index in [2.05, 4.69) is 15.6 Å². The van der Waals surface area contributed by atoms with E-state index in [0.29, 0.717) is 29.1 Å². The van der Waals surface area contributed by atoms with Crippen molar-refractivity contribution in [3.8, 4) is 0 Å². The number of fused-ring (bicyclic) bond motifs is 1. The van der Waals surface area contributed by atoms with Crippen LogP contribution in [-0.2, 0) is 11.3 Å². The second-order valence-electron chi connectivity index (χ2n) is 8.95. The summed E-state index contributed by atoms with van der Waals surface area (Å²) >= 11 is 0. The Hall–Kier alpha value is -2.58. The average Bonchev–Trinajstić information content (AvgIpc) is 3.00. The van der Waals surface area contributed by atoms with Gasteiger partial charge in [-0.2, -0.15) is 0 Å². The molecule has 0 radical (unpaired) electrons. The van der Waals surface area contributed by atoms with Gasteiger partial charge in [0.2, 0.25) is 0 Å². The molecule has 0 aromatic carbocycles. The number of rotatable bonds is 5. The Bertz CT molecular complexity index is 1060. The van der Waals surface area contributed by atoms with Gasteiger partial charge in [-0.15, -0.1) is 0 Å². The van der Waals surface area contributed by atoms with Crippen LogP contribution >= 0.6 is 0 Å². The van der Waals surface area contributed by atoms with Gasteiger partial charge in [0.05, 0.1) is 18.2 Å². The SMILES string of the molecule is CNC1CCC(C)(OC)Cn2c1nc(C(=O)NCC1C=CC(C)=C(F)C(C)=C1)c(C)c2=O. The van der Waals surface area contributed by atoms with E-state index >= 15 is 0 Å². The van der Waals surface area contributed by atoms with Crippen LogP contribution in [0.15, 0.2) is 40.0 Å². The maximum Gasteiger partial charge on any atom is 0.270 e. The van der Waals surface area contributed by atoms with E-state index in [1.807, 2.05) is 20.0 Å². The van der Waals surface area contributed by atoms with Crippen LogP contribution in [0, 0.1) is 12.8 Å². The Balaban J connectivity index is 1.89. The van der Waals surface area contributed by atoms with Crippen LogP contribution in [0.2, 0.25) is 0 Å². The van der Waals surface area contributed by atoms with Crippen LogP contribution in [0.25, 0.3) is 0 Å². The number of nitrogens with one attached hydrogen (secondary N) is 2. The molecule has 2 heterocycles. The van der Waals surface area contributed by atoms with Gasteiger partial charge < -0.3 is 15.4 Å². The summed E-state index contributed by atoms with van der Waals surface area (Å²) in [5, 5.41) is 6.08. The third-order valence-corrected chi connectivity index (χ3v) is 6.49. The first kappa shape index (κ1) is 24.1. The first-order valence-corrected chi connectivity index (χ1v) is 11.0. The van der Waals surface area contributed by atoms with Crippen LogP contribution in [0.4, 0.5) is 4.39 Å². The van der Waals surface area contributed by atoms with Crippen LogP contribution in [0.5, 0.6) is 0 Å². The van der Waals surface area contributed by atoms with Crippen molar-refractivity contribution in [1.29, 1.82) is 0 Å². The van der Waals surface area contributed by atoms with Gasteiger partial charge in [0, 0.05) is 25.1 Å². The number of methoxy groups -OCH3 is 1. The number of amides is 1. The van der Waals surface area contributed by atoms with E-state index in [4.69, 9.17) is 4.74 Å². The number of carbonyl (C=O) groups is 1. The van der Waals surface area contributed by atoms with Gasteiger partial charge >= 0.3 is 0 Å². The number of nitrogens with zero attached hydrogens (tertiary/aromatic N) is 2. The van der Waals surface area contributed by atoms with Crippen LogP contribution < -0.4 is 16.2 Å². The molecule has 2 aliphatic rings. The molecule has 8 heteroatoms. The van der Waals surface area contributed by atoms with Crippen molar-refractivity contribution in [3.05, 3.63) is 62.6 Å². The zero-order chi connectivity index (χ0) is 23.6. The summed E-state index contributed by atoms with van der Waals surface area (Å²) in [6.45, 7) is 7.69. The molecule has 32 heavy (non-hydrogen) atoms. The summed E-state index contributed by atoms with van der Waals surface area (Å²) < 4.78 is 21.4. The van der Waals surface area contributed by atoms with E-state index < -0.39 is 11.5 Å². The maximum absolute atomic E-state index is 14.1. The minimum atomic E-state index is -0.487. The quantitative estimate of drug-likeness (QED) is 0.729. The van der Waals surface area contributed by atoms with Crippen molar-refractivity contribution in [2.45, 2.75) is 58.7 Å². The number of ether oxygens (including phenoxy) is 1. The third-order valence-electron chi connectivity index (χ3n) is 6.49. The van der Waals surface area contributed by atoms with Crippen molar-refractivity contribution in [2.75, 3.05) is 20.7 Å². The molecule has 0 saturated carbocycles. The van der Waals surface area contributed by atoms with E-state index in [-0.39, 0.29) is 35.6 Å². The molecule has 1 aromatic heterocycles. The van der Waals surface area contributed by atoms with Gasteiger partial charge in [-0.3, -0.25) is 14.2 Å². The fourth-order valence-corrected chi connectivity index (χ4v) is 4.26. The molecule has 2 N–H and O–H groups in total. The highest BCUT2D eigenvalue weighted by molar-refractivity contribution is 5.93. The largest absolute Gasteiger partial charge is 0.377 e. The first-order valence-electron chi connectivity index (χ1n) is 11.0. The predicted octanol–water partition coefficient (Wildman–Crippen LogP) is 3.12. The van der Waals surface area contributed by atoms with Crippen molar-refractivity contribution in [3.63, 3.8) is 0 Å². The minimum Gasteiger partial charge on any atom is -0.377 e. The maximum atomic E-state index is 14.1.